The van der Waals surface area contributed by atoms with Gasteiger partial charge in [-0.05, 0) is 19.8 Å². The molecule has 0 radical (unpaired) electrons. The number of hydrogen-bond donors (Lipinski definition) is 1. The van der Waals surface area contributed by atoms with Crippen molar-refractivity contribution in [3.05, 3.63) is 11.4 Å². The molecule has 1 aromatic rings. The molecule has 1 saturated carbocycles. The Kier molecular flexibility index (Phi) is 2.46. The molecular weight excluding hydrogens is 190 g/mol. The highest BCUT2D eigenvalue weighted by molar-refractivity contribution is 5.45. The highest BCUT2D eigenvalue weighted by Crippen LogP contribution is 2.39. The number of anilines is 1. The number of ether oxygens (including phenoxy) is 1. The molecule has 15 heavy (non-hydrogen) atoms. The van der Waals surface area contributed by atoms with E-state index in [1.807, 2.05) is 6.92 Å². The van der Waals surface area contributed by atoms with Crippen LogP contribution in [0.25, 0.3) is 0 Å². The lowest BCUT2D eigenvalue weighted by atomic mass is 10.3. The smallest absolute Gasteiger partial charge is 0.222 e. The van der Waals surface area contributed by atoms with Crippen LogP contribution in [0.4, 0.5) is 5.82 Å². The van der Waals surface area contributed by atoms with Crippen molar-refractivity contribution in [2.45, 2.75) is 25.7 Å². The van der Waals surface area contributed by atoms with Crippen LogP contribution in [-0.4, -0.2) is 16.6 Å². The van der Waals surface area contributed by atoms with Crippen LogP contribution in [0.3, 0.4) is 0 Å². The van der Waals surface area contributed by atoms with E-state index < -0.39 is 0 Å². The van der Waals surface area contributed by atoms with Crippen molar-refractivity contribution >= 4 is 5.82 Å². The summed E-state index contributed by atoms with van der Waals surface area (Å²) in [6.07, 6.45) is 7.40. The van der Waals surface area contributed by atoms with Crippen LogP contribution in [0, 0.1) is 19.3 Å². The number of aromatic nitrogens is 2. The first-order valence-electron chi connectivity index (χ1n) is 4.92. The first-order chi connectivity index (χ1) is 7.22. The van der Waals surface area contributed by atoms with E-state index in [1.165, 1.54) is 0 Å². The van der Waals surface area contributed by atoms with Crippen LogP contribution in [-0.2, 0) is 0 Å². The summed E-state index contributed by atoms with van der Waals surface area (Å²) in [5, 5.41) is 0. The van der Waals surface area contributed by atoms with Crippen LogP contribution < -0.4 is 10.5 Å². The SMILES string of the molecule is C#CCOc1nc(C2CC2)nc(N)c1C. The Hall–Kier alpha value is -1.76. The van der Waals surface area contributed by atoms with Gasteiger partial charge in [-0.1, -0.05) is 5.92 Å². The molecule has 4 heteroatoms. The van der Waals surface area contributed by atoms with Gasteiger partial charge in [-0.15, -0.1) is 6.42 Å². The molecule has 1 aliphatic carbocycles. The largest absolute Gasteiger partial charge is 0.464 e. The Bertz CT molecular complexity index is 419. The Labute approximate surface area is 88.9 Å². The zero-order valence-electron chi connectivity index (χ0n) is 8.66. The molecular formula is C11H13N3O. The molecule has 0 atom stereocenters. The Morgan fingerprint density at radius 1 is 1.53 bits per heavy atom. The van der Waals surface area contributed by atoms with Crippen molar-refractivity contribution in [1.82, 2.24) is 9.97 Å². The van der Waals surface area contributed by atoms with Gasteiger partial charge in [0.25, 0.3) is 0 Å². The standard InChI is InChI=1S/C11H13N3O/c1-3-6-15-11-7(2)9(12)13-10(14-11)8-4-5-8/h1,8H,4-6H2,2H3,(H2,12,13,14). The van der Waals surface area contributed by atoms with Crippen LogP contribution in [0.5, 0.6) is 5.88 Å². The van der Waals surface area contributed by atoms with E-state index in [2.05, 4.69) is 15.9 Å². The number of hydrogen-bond acceptors (Lipinski definition) is 4. The number of nitrogens with two attached hydrogens (primary N) is 1. The van der Waals surface area contributed by atoms with E-state index in [0.29, 0.717) is 17.6 Å². The average molecular weight is 203 g/mol. The van der Waals surface area contributed by atoms with Crippen LogP contribution in [0.1, 0.15) is 30.1 Å². The number of terminal acetylenes is 1. The lowest BCUT2D eigenvalue weighted by Crippen LogP contribution is -2.06. The third-order valence-electron chi connectivity index (χ3n) is 2.39. The van der Waals surface area contributed by atoms with Gasteiger partial charge < -0.3 is 10.5 Å². The quantitative estimate of drug-likeness (QED) is 0.751. The fraction of sp³-hybridized carbons (Fsp3) is 0.455. The molecule has 78 valence electrons. The lowest BCUT2D eigenvalue weighted by Gasteiger charge is -2.08. The fourth-order valence-electron chi connectivity index (χ4n) is 1.30. The van der Waals surface area contributed by atoms with Crippen molar-refractivity contribution in [2.75, 3.05) is 12.3 Å². The van der Waals surface area contributed by atoms with Crippen molar-refractivity contribution < 1.29 is 4.74 Å². The summed E-state index contributed by atoms with van der Waals surface area (Å²) < 4.78 is 5.32. The molecule has 1 heterocycles. The van der Waals surface area contributed by atoms with Gasteiger partial charge in [0, 0.05) is 5.92 Å². The molecule has 0 aliphatic heterocycles. The maximum atomic E-state index is 5.78. The molecule has 2 N–H and O–H groups in total. The van der Waals surface area contributed by atoms with Crippen molar-refractivity contribution in [3.8, 4) is 18.2 Å². The molecule has 0 spiro atoms. The van der Waals surface area contributed by atoms with Gasteiger partial charge in [0.15, 0.2) is 6.61 Å². The van der Waals surface area contributed by atoms with Crippen molar-refractivity contribution in [2.24, 2.45) is 0 Å². The van der Waals surface area contributed by atoms with Crippen LogP contribution in [0.2, 0.25) is 0 Å². The third-order valence-corrected chi connectivity index (χ3v) is 2.39. The molecule has 0 bridgehead atoms. The highest BCUT2D eigenvalue weighted by atomic mass is 16.5. The van der Waals surface area contributed by atoms with Crippen molar-refractivity contribution in [3.63, 3.8) is 0 Å². The summed E-state index contributed by atoms with van der Waals surface area (Å²) in [6.45, 7) is 2.04. The van der Waals surface area contributed by atoms with E-state index >= 15 is 0 Å². The van der Waals surface area contributed by atoms with Crippen LogP contribution >= 0.6 is 0 Å². The lowest BCUT2D eigenvalue weighted by molar-refractivity contribution is 0.350. The first-order valence-corrected chi connectivity index (χ1v) is 4.92. The topological polar surface area (TPSA) is 61.0 Å². The highest BCUT2D eigenvalue weighted by Gasteiger charge is 2.28. The summed E-state index contributed by atoms with van der Waals surface area (Å²) in [6, 6.07) is 0. The second kappa shape index (κ2) is 3.77. The summed E-state index contributed by atoms with van der Waals surface area (Å²) in [5.74, 6) is 4.65. The third kappa shape index (κ3) is 2.01. The van der Waals surface area contributed by atoms with E-state index in [4.69, 9.17) is 16.9 Å². The Morgan fingerprint density at radius 3 is 2.87 bits per heavy atom. The normalized spacial score (nSPS) is 14.7. The minimum atomic E-state index is 0.210. The zero-order valence-corrected chi connectivity index (χ0v) is 8.66. The number of nitrogen functional groups attached to an aromatic ring is 1. The maximum Gasteiger partial charge on any atom is 0.222 e. The predicted molar refractivity (Wildman–Crippen MR) is 57.5 cm³/mol. The second-order valence-corrected chi connectivity index (χ2v) is 3.66. The molecule has 1 aliphatic rings. The van der Waals surface area contributed by atoms with Crippen molar-refractivity contribution in [1.29, 1.82) is 0 Å². The van der Waals surface area contributed by atoms with E-state index in [0.717, 1.165) is 24.2 Å². The minimum Gasteiger partial charge on any atom is -0.464 e. The molecule has 1 aromatic heterocycles. The van der Waals surface area contributed by atoms with Gasteiger partial charge in [-0.25, -0.2) is 4.98 Å². The second-order valence-electron chi connectivity index (χ2n) is 3.66. The van der Waals surface area contributed by atoms with Gasteiger partial charge in [0.1, 0.15) is 11.6 Å². The summed E-state index contributed by atoms with van der Waals surface area (Å²) >= 11 is 0. The monoisotopic (exact) mass is 203 g/mol. The number of rotatable bonds is 3. The predicted octanol–water partition coefficient (Wildman–Crippen LogP) is 1.26. The molecule has 2 rings (SSSR count). The van der Waals surface area contributed by atoms with Gasteiger partial charge in [-0.3, -0.25) is 0 Å². The van der Waals surface area contributed by atoms with Gasteiger partial charge >= 0.3 is 0 Å². The van der Waals surface area contributed by atoms with E-state index in [1.54, 1.807) is 0 Å². The zero-order chi connectivity index (χ0) is 10.8. The molecule has 0 saturated heterocycles. The first kappa shape index (κ1) is 9.78. The van der Waals surface area contributed by atoms with Gasteiger partial charge in [0.2, 0.25) is 5.88 Å². The molecule has 0 amide bonds. The van der Waals surface area contributed by atoms with Gasteiger partial charge in [0.05, 0.1) is 5.56 Å². The Balaban J connectivity index is 2.30. The number of nitrogens with zero attached hydrogens (tertiary/aromatic N) is 2. The average Bonchev–Trinajstić information content (AvgIpc) is 3.03. The Morgan fingerprint density at radius 2 is 2.27 bits per heavy atom. The summed E-state index contributed by atoms with van der Waals surface area (Å²) in [7, 11) is 0. The molecule has 1 fully saturated rings. The molecule has 4 nitrogen and oxygen atoms in total. The molecule has 0 unspecified atom stereocenters. The van der Waals surface area contributed by atoms with Crippen LogP contribution in [0.15, 0.2) is 0 Å². The summed E-state index contributed by atoms with van der Waals surface area (Å²) in [5.41, 5.74) is 6.53. The fourth-order valence-corrected chi connectivity index (χ4v) is 1.30. The summed E-state index contributed by atoms with van der Waals surface area (Å²) in [4.78, 5) is 8.56. The van der Waals surface area contributed by atoms with E-state index in [-0.39, 0.29) is 6.61 Å². The minimum absolute atomic E-state index is 0.210. The van der Waals surface area contributed by atoms with Gasteiger partial charge in [-0.2, -0.15) is 4.98 Å². The van der Waals surface area contributed by atoms with E-state index in [9.17, 15) is 0 Å². The maximum absolute atomic E-state index is 5.78. The molecule has 0 aromatic carbocycles.